The molecule has 0 saturated heterocycles. The van der Waals surface area contributed by atoms with Crippen LogP contribution in [0.1, 0.15) is 10.4 Å². The summed E-state index contributed by atoms with van der Waals surface area (Å²) < 4.78 is 2.64. The first-order chi connectivity index (χ1) is 12.8. The molecule has 0 bridgehead atoms. The van der Waals surface area contributed by atoms with Gasteiger partial charge in [0.1, 0.15) is 5.82 Å². The Morgan fingerprint density at radius 1 is 1.15 bits per heavy atom. The highest BCUT2D eigenvalue weighted by atomic mass is 32.1. The van der Waals surface area contributed by atoms with Crippen molar-refractivity contribution in [3.8, 4) is 5.82 Å². The third-order valence-electron chi connectivity index (χ3n) is 3.70. The number of hydrogen-bond donors (Lipinski definition) is 2. The number of benzene rings is 1. The van der Waals surface area contributed by atoms with Crippen molar-refractivity contribution in [1.29, 1.82) is 0 Å². The number of thiazole rings is 1. The van der Waals surface area contributed by atoms with Crippen LogP contribution in [0.4, 0.5) is 5.82 Å². The zero-order chi connectivity index (χ0) is 17.8. The summed E-state index contributed by atoms with van der Waals surface area (Å²) in [4.78, 5) is 16.4. The van der Waals surface area contributed by atoms with Gasteiger partial charge in [0.25, 0.3) is 5.91 Å². The van der Waals surface area contributed by atoms with Crippen LogP contribution in [0, 0.1) is 0 Å². The monoisotopic (exact) mass is 365 g/mol. The van der Waals surface area contributed by atoms with E-state index in [4.69, 9.17) is 0 Å². The summed E-state index contributed by atoms with van der Waals surface area (Å²) in [6, 6.07) is 11.0. The van der Waals surface area contributed by atoms with Crippen LogP contribution in [0.5, 0.6) is 0 Å². The van der Waals surface area contributed by atoms with Gasteiger partial charge in [-0.3, -0.25) is 4.79 Å². The van der Waals surface area contributed by atoms with Crippen molar-refractivity contribution in [3.63, 3.8) is 0 Å². The smallest absolute Gasteiger partial charge is 0.251 e. The van der Waals surface area contributed by atoms with Crippen molar-refractivity contribution in [2.24, 2.45) is 0 Å². The van der Waals surface area contributed by atoms with E-state index in [0.29, 0.717) is 30.3 Å². The second-order valence-corrected chi connectivity index (χ2v) is 6.33. The number of carbonyl (C=O) groups excluding carboxylic acids is 1. The third kappa shape index (κ3) is 3.52. The van der Waals surface area contributed by atoms with Gasteiger partial charge in [0.05, 0.1) is 15.7 Å². The van der Waals surface area contributed by atoms with Gasteiger partial charge in [-0.25, -0.2) is 9.67 Å². The molecule has 26 heavy (non-hydrogen) atoms. The zero-order valence-electron chi connectivity index (χ0n) is 13.7. The number of amides is 1. The van der Waals surface area contributed by atoms with Crippen LogP contribution in [0.3, 0.4) is 0 Å². The fraction of sp³-hybridized carbons (Fsp3) is 0.118. The van der Waals surface area contributed by atoms with Gasteiger partial charge in [0.15, 0.2) is 5.82 Å². The highest BCUT2D eigenvalue weighted by Gasteiger charge is 2.07. The Kier molecular flexibility index (Phi) is 4.52. The van der Waals surface area contributed by atoms with Crippen molar-refractivity contribution >= 4 is 33.3 Å². The molecule has 0 fully saturated rings. The number of carbonyl (C=O) groups is 1. The molecule has 8 nitrogen and oxygen atoms in total. The van der Waals surface area contributed by atoms with Crippen molar-refractivity contribution < 1.29 is 4.79 Å². The van der Waals surface area contributed by atoms with Crippen molar-refractivity contribution in [3.05, 3.63) is 59.9 Å². The van der Waals surface area contributed by atoms with Crippen LogP contribution >= 0.6 is 11.3 Å². The predicted octanol–water partition coefficient (Wildman–Crippen LogP) is 2.11. The lowest BCUT2D eigenvalue weighted by Gasteiger charge is -2.07. The lowest BCUT2D eigenvalue weighted by molar-refractivity contribution is 0.0955. The van der Waals surface area contributed by atoms with Gasteiger partial charge in [-0.1, -0.05) is 0 Å². The number of aromatic nitrogens is 5. The van der Waals surface area contributed by atoms with E-state index in [1.165, 1.54) is 11.3 Å². The molecule has 0 spiro atoms. The first-order valence-corrected chi connectivity index (χ1v) is 8.87. The second-order valence-electron chi connectivity index (χ2n) is 5.44. The van der Waals surface area contributed by atoms with Crippen LogP contribution in [-0.2, 0) is 0 Å². The van der Waals surface area contributed by atoms with Gasteiger partial charge in [-0.15, -0.1) is 21.5 Å². The molecule has 4 rings (SSSR count). The molecule has 1 amide bonds. The maximum absolute atomic E-state index is 12.2. The topological polar surface area (TPSA) is 97.6 Å². The van der Waals surface area contributed by atoms with Crippen molar-refractivity contribution in [2.75, 3.05) is 18.4 Å². The first-order valence-electron chi connectivity index (χ1n) is 7.99. The van der Waals surface area contributed by atoms with E-state index in [1.54, 1.807) is 28.7 Å². The Hall–Kier alpha value is -3.33. The molecule has 3 aromatic heterocycles. The van der Waals surface area contributed by atoms with Crippen LogP contribution in [0.2, 0.25) is 0 Å². The van der Waals surface area contributed by atoms with Gasteiger partial charge in [-0.2, -0.15) is 5.10 Å². The van der Waals surface area contributed by atoms with Gasteiger partial charge in [0, 0.05) is 31.0 Å². The fourth-order valence-electron chi connectivity index (χ4n) is 2.41. The second kappa shape index (κ2) is 7.28. The largest absolute Gasteiger partial charge is 0.367 e. The fourth-order valence-corrected chi connectivity index (χ4v) is 3.13. The molecule has 1 aromatic carbocycles. The molecule has 2 N–H and O–H groups in total. The SMILES string of the molecule is O=C(NCCNc1ccc(-n2cccn2)nn1)c1ccc2ncsc2c1. The summed E-state index contributed by atoms with van der Waals surface area (Å²) in [7, 11) is 0. The Bertz CT molecular complexity index is 1010. The van der Waals surface area contributed by atoms with E-state index < -0.39 is 0 Å². The molecule has 9 heteroatoms. The summed E-state index contributed by atoms with van der Waals surface area (Å²) in [5.41, 5.74) is 3.31. The van der Waals surface area contributed by atoms with E-state index in [9.17, 15) is 4.79 Å². The van der Waals surface area contributed by atoms with Crippen molar-refractivity contribution in [2.45, 2.75) is 0 Å². The zero-order valence-corrected chi connectivity index (χ0v) is 14.5. The van der Waals surface area contributed by atoms with Gasteiger partial charge < -0.3 is 10.6 Å². The third-order valence-corrected chi connectivity index (χ3v) is 4.49. The molecule has 0 radical (unpaired) electrons. The molecule has 0 atom stereocenters. The normalized spacial score (nSPS) is 10.8. The predicted molar refractivity (Wildman–Crippen MR) is 99.6 cm³/mol. The summed E-state index contributed by atoms with van der Waals surface area (Å²) in [6.07, 6.45) is 3.49. The molecule has 3 heterocycles. The number of nitrogens with one attached hydrogen (secondary N) is 2. The van der Waals surface area contributed by atoms with Crippen LogP contribution in [0.15, 0.2) is 54.3 Å². The molecular formula is C17H15N7OS. The molecule has 0 saturated carbocycles. The molecular weight excluding hydrogens is 350 g/mol. The highest BCUT2D eigenvalue weighted by molar-refractivity contribution is 7.16. The quantitative estimate of drug-likeness (QED) is 0.508. The Balaban J connectivity index is 1.27. The summed E-state index contributed by atoms with van der Waals surface area (Å²) in [5.74, 6) is 1.18. The Morgan fingerprint density at radius 3 is 2.92 bits per heavy atom. The Morgan fingerprint density at radius 2 is 2.12 bits per heavy atom. The van der Waals surface area contributed by atoms with Crippen LogP contribution < -0.4 is 10.6 Å². The maximum atomic E-state index is 12.2. The van der Waals surface area contributed by atoms with Crippen molar-refractivity contribution in [1.82, 2.24) is 30.3 Å². The van der Waals surface area contributed by atoms with E-state index in [2.05, 4.69) is 30.9 Å². The number of hydrogen-bond acceptors (Lipinski definition) is 7. The van der Waals surface area contributed by atoms with Gasteiger partial charge >= 0.3 is 0 Å². The minimum absolute atomic E-state index is 0.109. The van der Waals surface area contributed by atoms with Crippen LogP contribution in [0.25, 0.3) is 16.0 Å². The molecule has 0 unspecified atom stereocenters. The molecule has 0 aliphatic carbocycles. The number of anilines is 1. The number of fused-ring (bicyclic) bond motifs is 1. The van der Waals surface area contributed by atoms with Gasteiger partial charge in [0.2, 0.25) is 0 Å². The van der Waals surface area contributed by atoms with E-state index in [1.807, 2.05) is 30.3 Å². The average Bonchev–Trinajstić information content (AvgIpc) is 3.36. The maximum Gasteiger partial charge on any atom is 0.251 e. The molecule has 0 aliphatic heterocycles. The molecule has 130 valence electrons. The highest BCUT2D eigenvalue weighted by Crippen LogP contribution is 2.18. The van der Waals surface area contributed by atoms with Crippen LogP contribution in [-0.4, -0.2) is 44.0 Å². The summed E-state index contributed by atoms with van der Waals surface area (Å²) in [6.45, 7) is 1.02. The lowest BCUT2D eigenvalue weighted by atomic mass is 10.2. The van der Waals surface area contributed by atoms with E-state index >= 15 is 0 Å². The number of nitrogens with zero attached hydrogens (tertiary/aromatic N) is 5. The molecule has 4 aromatic rings. The standard InChI is InChI=1S/C17H15N7OS/c25-17(12-2-3-13-14(10-12)26-11-20-13)19-8-7-18-15-4-5-16(23-22-15)24-9-1-6-21-24/h1-6,9-11H,7-8H2,(H,18,22)(H,19,25). The summed E-state index contributed by atoms with van der Waals surface area (Å²) >= 11 is 1.52. The van der Waals surface area contributed by atoms with E-state index in [-0.39, 0.29) is 5.91 Å². The van der Waals surface area contributed by atoms with E-state index in [0.717, 1.165) is 10.2 Å². The minimum Gasteiger partial charge on any atom is -0.367 e. The summed E-state index contributed by atoms with van der Waals surface area (Å²) in [5, 5.41) is 18.3. The number of rotatable bonds is 6. The first kappa shape index (κ1) is 16.2. The Labute approximate surface area is 152 Å². The average molecular weight is 365 g/mol. The lowest BCUT2D eigenvalue weighted by Crippen LogP contribution is -2.28. The molecule has 0 aliphatic rings. The minimum atomic E-state index is -0.109. The van der Waals surface area contributed by atoms with Gasteiger partial charge in [-0.05, 0) is 36.4 Å².